The number of carbonyl (C=O) groups is 1. The van der Waals surface area contributed by atoms with Crippen LogP contribution in [0.2, 0.25) is 0 Å². The maximum absolute atomic E-state index is 12.6. The van der Waals surface area contributed by atoms with E-state index in [2.05, 4.69) is 29.3 Å². The Kier molecular flexibility index (Phi) is 5.46. The van der Waals surface area contributed by atoms with Crippen LogP contribution in [0.4, 0.5) is 0 Å². The van der Waals surface area contributed by atoms with Gasteiger partial charge in [-0.25, -0.2) is 0 Å². The lowest BCUT2D eigenvalue weighted by Gasteiger charge is -2.20. The number of nitrogens with zero attached hydrogens (tertiary/aromatic N) is 2. The van der Waals surface area contributed by atoms with Gasteiger partial charge < -0.3 is 9.84 Å². The molecule has 1 aromatic heterocycles. The highest BCUT2D eigenvalue weighted by atomic mass is 16.5. The Morgan fingerprint density at radius 1 is 1.12 bits per heavy atom. The third-order valence-electron chi connectivity index (χ3n) is 4.55. The van der Waals surface area contributed by atoms with Crippen molar-refractivity contribution in [2.24, 2.45) is 5.92 Å². The van der Waals surface area contributed by atoms with Crippen molar-refractivity contribution >= 4 is 5.91 Å². The molecule has 2 aromatic carbocycles. The predicted molar refractivity (Wildman–Crippen MR) is 101 cm³/mol. The molecular weight excluding hydrogens is 326 g/mol. The van der Waals surface area contributed by atoms with Gasteiger partial charge in [-0.2, -0.15) is 4.98 Å². The molecule has 3 rings (SSSR count). The Bertz CT molecular complexity index is 856. The smallest absolute Gasteiger partial charge is 0.251 e. The summed E-state index contributed by atoms with van der Waals surface area (Å²) in [7, 11) is 0. The van der Waals surface area contributed by atoms with Crippen LogP contribution < -0.4 is 5.32 Å². The minimum absolute atomic E-state index is 0.147. The summed E-state index contributed by atoms with van der Waals surface area (Å²) in [6.07, 6.45) is 0.877. The summed E-state index contributed by atoms with van der Waals surface area (Å²) in [6, 6.07) is 16.8. The van der Waals surface area contributed by atoms with Crippen LogP contribution in [-0.4, -0.2) is 16.0 Å². The standard InChI is InChI=1S/C21H23N3O2/c1-4-15(3)18(22-20(25)17-8-6-5-7-9-17)21-23-19(24-26-21)16-12-10-14(2)11-13-16/h5-13,15,18H,4H2,1-3H3,(H,22,25)/t15-,18+/m0/s1. The van der Waals surface area contributed by atoms with E-state index in [1.807, 2.05) is 49.4 Å². The highest BCUT2D eigenvalue weighted by Crippen LogP contribution is 2.26. The van der Waals surface area contributed by atoms with E-state index in [1.165, 1.54) is 5.56 Å². The van der Waals surface area contributed by atoms with Crippen molar-refractivity contribution < 1.29 is 9.32 Å². The first kappa shape index (κ1) is 17.9. The van der Waals surface area contributed by atoms with E-state index in [-0.39, 0.29) is 17.9 Å². The van der Waals surface area contributed by atoms with Crippen molar-refractivity contribution in [3.05, 3.63) is 71.6 Å². The average Bonchev–Trinajstić information content (AvgIpc) is 3.16. The Morgan fingerprint density at radius 2 is 1.81 bits per heavy atom. The van der Waals surface area contributed by atoms with Gasteiger partial charge in [0, 0.05) is 11.1 Å². The molecular formula is C21H23N3O2. The quantitative estimate of drug-likeness (QED) is 0.708. The number of amides is 1. The Balaban J connectivity index is 1.84. The van der Waals surface area contributed by atoms with E-state index in [1.54, 1.807) is 12.1 Å². The van der Waals surface area contributed by atoms with Crippen LogP contribution in [0.25, 0.3) is 11.4 Å². The molecule has 2 atom stereocenters. The largest absolute Gasteiger partial charge is 0.340 e. The second-order valence-electron chi connectivity index (χ2n) is 6.52. The third-order valence-corrected chi connectivity index (χ3v) is 4.55. The summed E-state index contributed by atoms with van der Waals surface area (Å²) in [5.41, 5.74) is 2.67. The summed E-state index contributed by atoms with van der Waals surface area (Å²) in [5.74, 6) is 0.974. The lowest BCUT2D eigenvalue weighted by atomic mass is 9.98. The number of hydrogen-bond donors (Lipinski definition) is 1. The molecule has 0 saturated carbocycles. The molecule has 0 saturated heterocycles. The fourth-order valence-electron chi connectivity index (χ4n) is 2.68. The SMILES string of the molecule is CC[C@H](C)[C@@H](NC(=O)c1ccccc1)c1nc(-c2ccc(C)cc2)no1. The molecule has 1 amide bonds. The maximum atomic E-state index is 12.6. The molecule has 0 aliphatic rings. The van der Waals surface area contributed by atoms with Crippen molar-refractivity contribution in [3.8, 4) is 11.4 Å². The fourth-order valence-corrected chi connectivity index (χ4v) is 2.68. The average molecular weight is 349 g/mol. The van der Waals surface area contributed by atoms with Gasteiger partial charge in [0.25, 0.3) is 5.91 Å². The second kappa shape index (κ2) is 7.95. The van der Waals surface area contributed by atoms with Crippen LogP contribution in [0, 0.1) is 12.8 Å². The van der Waals surface area contributed by atoms with Crippen molar-refractivity contribution in [2.75, 3.05) is 0 Å². The molecule has 0 radical (unpaired) electrons. The molecule has 0 fully saturated rings. The summed E-state index contributed by atoms with van der Waals surface area (Å²) < 4.78 is 5.50. The fraction of sp³-hybridized carbons (Fsp3) is 0.286. The number of aryl methyl sites for hydroxylation is 1. The first-order valence-corrected chi connectivity index (χ1v) is 8.85. The summed E-state index contributed by atoms with van der Waals surface area (Å²) in [4.78, 5) is 17.1. The third kappa shape index (κ3) is 3.99. The van der Waals surface area contributed by atoms with Crippen LogP contribution in [0.3, 0.4) is 0 Å². The van der Waals surface area contributed by atoms with E-state index in [0.717, 1.165) is 12.0 Å². The lowest BCUT2D eigenvalue weighted by molar-refractivity contribution is 0.0910. The van der Waals surface area contributed by atoms with E-state index >= 15 is 0 Å². The maximum Gasteiger partial charge on any atom is 0.251 e. The monoisotopic (exact) mass is 349 g/mol. The van der Waals surface area contributed by atoms with Gasteiger partial charge >= 0.3 is 0 Å². The van der Waals surface area contributed by atoms with E-state index in [0.29, 0.717) is 17.3 Å². The molecule has 3 aromatic rings. The van der Waals surface area contributed by atoms with Crippen LogP contribution in [-0.2, 0) is 0 Å². The van der Waals surface area contributed by atoms with Crippen molar-refractivity contribution in [1.29, 1.82) is 0 Å². The van der Waals surface area contributed by atoms with Gasteiger partial charge in [-0.1, -0.05) is 73.5 Å². The van der Waals surface area contributed by atoms with Crippen molar-refractivity contribution in [1.82, 2.24) is 15.5 Å². The number of nitrogens with one attached hydrogen (secondary N) is 1. The Hall–Kier alpha value is -2.95. The normalized spacial score (nSPS) is 13.2. The van der Waals surface area contributed by atoms with Gasteiger partial charge in [0.1, 0.15) is 6.04 Å². The van der Waals surface area contributed by atoms with Crippen molar-refractivity contribution in [2.45, 2.75) is 33.2 Å². The minimum Gasteiger partial charge on any atom is -0.340 e. The molecule has 0 aliphatic heterocycles. The second-order valence-corrected chi connectivity index (χ2v) is 6.52. The van der Waals surface area contributed by atoms with E-state index in [9.17, 15) is 4.79 Å². The van der Waals surface area contributed by atoms with Gasteiger partial charge in [-0.3, -0.25) is 4.79 Å². The van der Waals surface area contributed by atoms with Gasteiger partial charge in [0.05, 0.1) is 0 Å². The van der Waals surface area contributed by atoms with Crippen molar-refractivity contribution in [3.63, 3.8) is 0 Å². The molecule has 0 unspecified atom stereocenters. The predicted octanol–water partition coefficient (Wildman–Crippen LogP) is 4.56. The Labute approximate surface area is 153 Å². The van der Waals surface area contributed by atoms with Gasteiger partial charge in [-0.05, 0) is 25.0 Å². The molecule has 0 bridgehead atoms. The number of benzene rings is 2. The minimum atomic E-state index is -0.334. The number of hydrogen-bond acceptors (Lipinski definition) is 4. The highest BCUT2D eigenvalue weighted by Gasteiger charge is 2.26. The topological polar surface area (TPSA) is 68.0 Å². The zero-order valence-corrected chi connectivity index (χ0v) is 15.3. The van der Waals surface area contributed by atoms with Crippen LogP contribution >= 0.6 is 0 Å². The van der Waals surface area contributed by atoms with Crippen LogP contribution in [0.5, 0.6) is 0 Å². The molecule has 0 spiro atoms. The van der Waals surface area contributed by atoms with Gasteiger partial charge in [0.15, 0.2) is 0 Å². The first-order valence-electron chi connectivity index (χ1n) is 8.85. The molecule has 1 heterocycles. The summed E-state index contributed by atoms with van der Waals surface area (Å²) >= 11 is 0. The van der Waals surface area contributed by atoms with Gasteiger partial charge in [-0.15, -0.1) is 0 Å². The molecule has 0 aliphatic carbocycles. The number of aromatic nitrogens is 2. The Morgan fingerprint density at radius 3 is 2.46 bits per heavy atom. The lowest BCUT2D eigenvalue weighted by Crippen LogP contribution is -2.32. The van der Waals surface area contributed by atoms with Crippen LogP contribution in [0.15, 0.2) is 59.1 Å². The number of rotatable bonds is 6. The van der Waals surface area contributed by atoms with E-state index < -0.39 is 0 Å². The summed E-state index contributed by atoms with van der Waals surface area (Å²) in [5, 5.41) is 7.14. The summed E-state index contributed by atoms with van der Waals surface area (Å²) in [6.45, 7) is 6.17. The first-order chi connectivity index (χ1) is 12.6. The zero-order valence-electron chi connectivity index (χ0n) is 15.3. The van der Waals surface area contributed by atoms with Gasteiger partial charge in [0.2, 0.25) is 11.7 Å². The number of carbonyl (C=O) groups excluding carboxylic acids is 1. The molecule has 134 valence electrons. The van der Waals surface area contributed by atoms with Crippen LogP contribution in [0.1, 0.15) is 48.1 Å². The van der Waals surface area contributed by atoms with E-state index in [4.69, 9.17) is 4.52 Å². The zero-order chi connectivity index (χ0) is 18.5. The molecule has 5 heteroatoms. The molecule has 26 heavy (non-hydrogen) atoms. The molecule has 5 nitrogen and oxygen atoms in total. The molecule has 1 N–H and O–H groups in total. The highest BCUT2D eigenvalue weighted by molar-refractivity contribution is 5.94.